The Morgan fingerprint density at radius 3 is 2.33 bits per heavy atom. The second kappa shape index (κ2) is 10.9. The van der Waals surface area contributed by atoms with Crippen molar-refractivity contribution >= 4 is 51.7 Å². The molecule has 0 aromatic heterocycles. The zero-order valence-corrected chi connectivity index (χ0v) is 21.2. The first-order chi connectivity index (χ1) is 15.7. The molecule has 8 heteroatoms. The van der Waals surface area contributed by atoms with Crippen LogP contribution in [0.1, 0.15) is 31.4 Å². The second-order valence-corrected chi connectivity index (χ2v) is 9.45. The Balaban J connectivity index is 2.03. The molecule has 1 aliphatic rings. The normalized spacial score (nSPS) is 17.6. The van der Waals surface area contributed by atoms with Crippen molar-refractivity contribution in [3.63, 3.8) is 0 Å². The van der Waals surface area contributed by atoms with E-state index in [1.165, 1.54) is 4.90 Å². The molecule has 3 atom stereocenters. The number of para-hydroxylation sites is 1. The number of amides is 3. The van der Waals surface area contributed by atoms with E-state index in [1.54, 1.807) is 7.05 Å². The number of alkyl halides is 1. The van der Waals surface area contributed by atoms with Gasteiger partial charge < -0.3 is 16.0 Å². The van der Waals surface area contributed by atoms with Crippen LogP contribution in [-0.2, 0) is 14.4 Å². The number of nitrogens with zero attached hydrogens (tertiary/aromatic N) is 2. The van der Waals surface area contributed by atoms with Crippen molar-refractivity contribution in [3.05, 3.63) is 65.7 Å². The summed E-state index contributed by atoms with van der Waals surface area (Å²) < 4.78 is 0.417. The third-order valence-electron chi connectivity index (χ3n) is 5.75. The average Bonchev–Trinajstić information content (AvgIpc) is 2.90. The number of rotatable bonds is 8. The van der Waals surface area contributed by atoms with E-state index in [-0.39, 0.29) is 11.8 Å². The summed E-state index contributed by atoms with van der Waals surface area (Å²) in [4.78, 5) is 45.0. The van der Waals surface area contributed by atoms with E-state index in [1.807, 2.05) is 68.4 Å². The van der Waals surface area contributed by atoms with Crippen molar-refractivity contribution in [1.82, 2.24) is 5.32 Å². The van der Waals surface area contributed by atoms with Crippen LogP contribution in [0.25, 0.3) is 0 Å². The molecule has 33 heavy (non-hydrogen) atoms. The number of likely N-dealkylation sites (N-methyl/N-ethyl adjacent to an activating group) is 1. The fourth-order valence-electron chi connectivity index (χ4n) is 4.03. The highest BCUT2D eigenvalue weighted by Crippen LogP contribution is 2.28. The molecule has 1 heterocycles. The van der Waals surface area contributed by atoms with Crippen molar-refractivity contribution in [2.24, 2.45) is 28.5 Å². The largest absolute Gasteiger partial charge is 0.369 e. The zero-order valence-electron chi connectivity index (χ0n) is 19.0. The lowest BCUT2D eigenvalue weighted by atomic mass is 9.85. The van der Waals surface area contributed by atoms with Crippen LogP contribution < -0.4 is 16.0 Å². The van der Waals surface area contributed by atoms with Gasteiger partial charge in [-0.3, -0.25) is 14.4 Å². The minimum Gasteiger partial charge on any atom is -0.369 e. The molecule has 0 bridgehead atoms. The van der Waals surface area contributed by atoms with E-state index in [9.17, 15) is 14.4 Å². The van der Waals surface area contributed by atoms with Gasteiger partial charge in [0.2, 0.25) is 18.0 Å². The number of halogens is 1. The van der Waals surface area contributed by atoms with Gasteiger partial charge in [0.25, 0.3) is 5.91 Å². The number of nitrogens with two attached hydrogens (primary N) is 1. The third-order valence-corrected chi connectivity index (χ3v) is 6.70. The van der Waals surface area contributed by atoms with Gasteiger partial charge in [-0.2, -0.15) is 0 Å². The molecule has 0 unspecified atom stereocenters. The number of benzene rings is 2. The van der Waals surface area contributed by atoms with Crippen molar-refractivity contribution in [2.75, 3.05) is 16.4 Å². The molecule has 174 valence electrons. The maximum Gasteiger partial charge on any atom is 0.272 e. The van der Waals surface area contributed by atoms with Gasteiger partial charge in [-0.15, -0.1) is 0 Å². The van der Waals surface area contributed by atoms with Crippen LogP contribution in [-0.4, -0.2) is 41.1 Å². The van der Waals surface area contributed by atoms with E-state index in [4.69, 9.17) is 10.7 Å². The van der Waals surface area contributed by atoms with Gasteiger partial charge >= 0.3 is 0 Å². The first-order valence-electron chi connectivity index (χ1n) is 10.9. The molecule has 0 saturated carbocycles. The Morgan fingerprint density at radius 2 is 1.73 bits per heavy atom. The number of hydrogen-bond donors (Lipinski definition) is 2. The highest BCUT2D eigenvalue weighted by atomic mass is 127. The minimum absolute atomic E-state index is 0.172. The molecule has 0 spiro atoms. The van der Waals surface area contributed by atoms with Crippen molar-refractivity contribution in [1.29, 1.82) is 0 Å². The molecular formula is C25H29IN4O3. The highest BCUT2D eigenvalue weighted by Gasteiger charge is 2.36. The lowest BCUT2D eigenvalue weighted by Crippen LogP contribution is -2.50. The maximum absolute atomic E-state index is 13.4. The number of benzodiazepines with no additional fused rings is 1. The Hall–Kier alpha value is -2.75. The number of carbonyl (C=O) groups is 3. The Bertz CT molecular complexity index is 1050. The van der Waals surface area contributed by atoms with Gasteiger partial charge in [-0.1, -0.05) is 85.0 Å². The van der Waals surface area contributed by atoms with E-state index in [0.29, 0.717) is 22.2 Å². The summed E-state index contributed by atoms with van der Waals surface area (Å²) in [6.45, 7) is 3.97. The summed E-state index contributed by atoms with van der Waals surface area (Å²) in [5.74, 6) is -2.35. The molecule has 0 radical (unpaired) electrons. The predicted molar refractivity (Wildman–Crippen MR) is 138 cm³/mol. The lowest BCUT2D eigenvalue weighted by molar-refractivity contribution is -0.135. The molecule has 1 aliphatic heterocycles. The van der Waals surface area contributed by atoms with Crippen LogP contribution in [0, 0.1) is 17.8 Å². The topological polar surface area (TPSA) is 105 Å². The van der Waals surface area contributed by atoms with Crippen LogP contribution >= 0.6 is 22.6 Å². The summed E-state index contributed by atoms with van der Waals surface area (Å²) in [7, 11) is 1.67. The van der Waals surface area contributed by atoms with Gasteiger partial charge in [0.1, 0.15) is 0 Å². The van der Waals surface area contributed by atoms with Crippen molar-refractivity contribution in [3.8, 4) is 0 Å². The summed E-state index contributed by atoms with van der Waals surface area (Å²) in [6.07, 6.45) is -0.642. The Kier molecular flexibility index (Phi) is 8.23. The van der Waals surface area contributed by atoms with Crippen molar-refractivity contribution < 1.29 is 14.4 Å². The number of aliphatic imine (C=N–C) groups is 1. The van der Waals surface area contributed by atoms with Gasteiger partial charge in [0, 0.05) is 22.6 Å². The van der Waals surface area contributed by atoms with Crippen LogP contribution in [0.3, 0.4) is 0 Å². The van der Waals surface area contributed by atoms with E-state index in [0.717, 1.165) is 11.1 Å². The standard InChI is InChI=1S/C25H29IN4O3/c1-15(2)13-18(19(14-26)22(27)31)24(32)29-23-25(33)30(3)20-12-8-7-11-17(20)21(28-23)16-9-5-4-6-10-16/h4-12,15,18-19,23H,13-14H2,1-3H3,(H2,27,31)(H,29,32)/t18-,19+,23-/m1/s1. The van der Waals surface area contributed by atoms with Crippen molar-refractivity contribution in [2.45, 2.75) is 26.4 Å². The molecular weight excluding hydrogens is 531 g/mol. The van der Waals surface area contributed by atoms with Gasteiger partial charge in [-0.25, -0.2) is 4.99 Å². The Labute approximate surface area is 208 Å². The molecule has 3 amide bonds. The number of nitrogens with one attached hydrogen (secondary N) is 1. The predicted octanol–water partition coefficient (Wildman–Crippen LogP) is 3.14. The van der Waals surface area contributed by atoms with Gasteiger partial charge in [0.15, 0.2) is 0 Å². The number of anilines is 1. The fourth-order valence-corrected chi connectivity index (χ4v) is 5.08. The highest BCUT2D eigenvalue weighted by molar-refractivity contribution is 14.1. The maximum atomic E-state index is 13.4. The Morgan fingerprint density at radius 1 is 1.09 bits per heavy atom. The number of primary amides is 1. The summed E-state index contributed by atoms with van der Waals surface area (Å²) in [5.41, 5.74) is 8.57. The molecule has 3 N–H and O–H groups in total. The van der Waals surface area contributed by atoms with E-state index < -0.39 is 29.8 Å². The van der Waals surface area contributed by atoms with Crippen LogP contribution in [0.5, 0.6) is 0 Å². The first kappa shape index (κ1) is 24.9. The van der Waals surface area contributed by atoms with E-state index in [2.05, 4.69) is 27.9 Å². The smallest absolute Gasteiger partial charge is 0.272 e. The van der Waals surface area contributed by atoms with Gasteiger partial charge in [-0.05, 0) is 18.4 Å². The van der Waals surface area contributed by atoms with E-state index >= 15 is 0 Å². The average molecular weight is 560 g/mol. The zero-order chi connectivity index (χ0) is 24.1. The quantitative estimate of drug-likeness (QED) is 0.383. The summed E-state index contributed by atoms with van der Waals surface area (Å²) in [6, 6.07) is 17.1. The fraction of sp³-hybridized carbons (Fsp3) is 0.360. The van der Waals surface area contributed by atoms with Crippen LogP contribution in [0.15, 0.2) is 59.6 Å². The summed E-state index contributed by atoms with van der Waals surface area (Å²) in [5, 5.41) is 2.82. The molecule has 3 rings (SSSR count). The minimum atomic E-state index is -1.12. The number of carbonyl (C=O) groups excluding carboxylic acids is 3. The monoisotopic (exact) mass is 560 g/mol. The van der Waals surface area contributed by atoms with Gasteiger partial charge in [0.05, 0.1) is 23.2 Å². The SMILES string of the molecule is CC(C)C[C@@H](C(=O)N[C@H]1N=C(c2ccccc2)c2ccccc2N(C)C1=O)[C@H](CI)C(N)=O. The number of hydrogen-bond acceptors (Lipinski definition) is 4. The first-order valence-corrected chi connectivity index (χ1v) is 12.4. The molecule has 2 aromatic rings. The molecule has 0 saturated heterocycles. The molecule has 2 aromatic carbocycles. The molecule has 0 fully saturated rings. The van der Waals surface area contributed by atoms with Crippen LogP contribution in [0.2, 0.25) is 0 Å². The third kappa shape index (κ3) is 5.61. The number of fused-ring (bicyclic) bond motifs is 1. The van der Waals surface area contributed by atoms with Crippen LogP contribution in [0.4, 0.5) is 5.69 Å². The summed E-state index contributed by atoms with van der Waals surface area (Å²) >= 11 is 2.07. The molecule has 7 nitrogen and oxygen atoms in total. The lowest BCUT2D eigenvalue weighted by Gasteiger charge is -2.26. The molecule has 0 aliphatic carbocycles. The second-order valence-electron chi connectivity index (χ2n) is 8.57.